The minimum Gasteiger partial charge on any atom is -0.394 e. The molecule has 6 N–H and O–H groups in total. The van der Waals surface area contributed by atoms with Crippen LogP contribution in [0.1, 0.15) is 0 Å². The Balaban J connectivity index is 4.07. The summed E-state index contributed by atoms with van der Waals surface area (Å²) in [6, 6.07) is 0. The number of aliphatic hydroxyl groups excluding tert-OH is 5. The van der Waals surface area contributed by atoms with Crippen LogP contribution in [0.15, 0.2) is 0 Å². The maximum Gasteiger partial charge on any atom is 0.117 e. The SMILES string of the molecule is N=C[C@@H](O)[C@@H](O)[C@H](O)[C@H](O)CO. The van der Waals surface area contributed by atoms with Crippen molar-refractivity contribution in [3.8, 4) is 0 Å². The van der Waals surface area contributed by atoms with Crippen LogP contribution in [0.2, 0.25) is 0 Å². The first-order chi connectivity index (χ1) is 5.54. The zero-order valence-electron chi connectivity index (χ0n) is 6.33. The summed E-state index contributed by atoms with van der Waals surface area (Å²) in [4.78, 5) is 0. The number of hydrogen-bond acceptors (Lipinski definition) is 6. The Morgan fingerprint density at radius 3 is 1.92 bits per heavy atom. The van der Waals surface area contributed by atoms with Gasteiger partial charge in [-0.25, -0.2) is 0 Å². The first kappa shape index (κ1) is 11.5. The number of rotatable bonds is 5. The fourth-order valence-electron chi connectivity index (χ4n) is 0.636. The van der Waals surface area contributed by atoms with Crippen LogP contribution in [-0.4, -0.2) is 62.8 Å². The number of hydrogen-bond donors (Lipinski definition) is 6. The van der Waals surface area contributed by atoms with E-state index in [1.165, 1.54) is 0 Å². The zero-order valence-corrected chi connectivity index (χ0v) is 6.33. The molecular weight excluding hydrogens is 166 g/mol. The molecule has 0 aromatic carbocycles. The molecule has 0 saturated carbocycles. The van der Waals surface area contributed by atoms with Gasteiger partial charge in [-0.15, -0.1) is 0 Å². The Morgan fingerprint density at radius 1 is 1.08 bits per heavy atom. The van der Waals surface area contributed by atoms with Gasteiger partial charge < -0.3 is 30.9 Å². The van der Waals surface area contributed by atoms with Crippen LogP contribution in [0.4, 0.5) is 0 Å². The van der Waals surface area contributed by atoms with Crippen molar-refractivity contribution in [1.29, 1.82) is 5.41 Å². The lowest BCUT2D eigenvalue weighted by Crippen LogP contribution is -2.46. The first-order valence-electron chi connectivity index (χ1n) is 3.38. The van der Waals surface area contributed by atoms with Crippen molar-refractivity contribution in [2.24, 2.45) is 0 Å². The fraction of sp³-hybridized carbons (Fsp3) is 0.833. The Labute approximate surface area is 69.2 Å². The molecule has 6 nitrogen and oxygen atoms in total. The summed E-state index contributed by atoms with van der Waals surface area (Å²) in [5.41, 5.74) is 0. The minimum absolute atomic E-state index is 0.526. The van der Waals surface area contributed by atoms with E-state index in [1.54, 1.807) is 0 Å². The zero-order chi connectivity index (χ0) is 9.72. The van der Waals surface area contributed by atoms with Gasteiger partial charge in [0, 0.05) is 6.21 Å². The molecule has 0 fully saturated rings. The molecule has 0 spiro atoms. The van der Waals surface area contributed by atoms with Gasteiger partial charge in [-0.05, 0) is 0 Å². The Kier molecular flexibility index (Phi) is 4.95. The van der Waals surface area contributed by atoms with Gasteiger partial charge in [0.25, 0.3) is 0 Å². The summed E-state index contributed by atoms with van der Waals surface area (Å²) in [6.07, 6.45) is -5.86. The lowest BCUT2D eigenvalue weighted by Gasteiger charge is -2.23. The van der Waals surface area contributed by atoms with Crippen molar-refractivity contribution in [1.82, 2.24) is 0 Å². The Bertz CT molecular complexity index is 142. The quantitative estimate of drug-likeness (QED) is 0.252. The number of aliphatic hydroxyl groups is 5. The van der Waals surface area contributed by atoms with Gasteiger partial charge in [0.2, 0.25) is 0 Å². The molecule has 0 bridgehead atoms. The van der Waals surface area contributed by atoms with Gasteiger partial charge in [0.15, 0.2) is 0 Å². The van der Waals surface area contributed by atoms with Crippen molar-refractivity contribution in [2.75, 3.05) is 6.61 Å². The van der Waals surface area contributed by atoms with Crippen molar-refractivity contribution in [2.45, 2.75) is 24.4 Å². The highest BCUT2D eigenvalue weighted by atomic mass is 16.4. The highest BCUT2D eigenvalue weighted by Crippen LogP contribution is 2.02. The molecule has 0 radical (unpaired) electrons. The summed E-state index contributed by atoms with van der Waals surface area (Å²) in [7, 11) is 0. The second-order valence-electron chi connectivity index (χ2n) is 2.39. The van der Waals surface area contributed by atoms with E-state index in [0.717, 1.165) is 0 Å². The molecular formula is C6H13NO5. The van der Waals surface area contributed by atoms with E-state index in [1.807, 2.05) is 0 Å². The lowest BCUT2D eigenvalue weighted by atomic mass is 10.0. The van der Waals surface area contributed by atoms with Crippen LogP contribution < -0.4 is 0 Å². The highest BCUT2D eigenvalue weighted by molar-refractivity contribution is 5.59. The van der Waals surface area contributed by atoms with Crippen LogP contribution in [0.5, 0.6) is 0 Å². The van der Waals surface area contributed by atoms with Gasteiger partial charge in [0.1, 0.15) is 24.4 Å². The normalized spacial score (nSPS) is 21.1. The predicted molar refractivity (Wildman–Crippen MR) is 39.9 cm³/mol. The second-order valence-corrected chi connectivity index (χ2v) is 2.39. The Morgan fingerprint density at radius 2 is 1.58 bits per heavy atom. The third-order valence-electron chi connectivity index (χ3n) is 1.45. The van der Waals surface area contributed by atoms with E-state index in [4.69, 9.17) is 30.9 Å². The van der Waals surface area contributed by atoms with Crippen LogP contribution in [-0.2, 0) is 0 Å². The molecule has 0 heterocycles. The lowest BCUT2D eigenvalue weighted by molar-refractivity contribution is -0.1000. The van der Waals surface area contributed by atoms with Gasteiger partial charge in [0.05, 0.1) is 6.61 Å². The highest BCUT2D eigenvalue weighted by Gasteiger charge is 2.28. The van der Waals surface area contributed by atoms with Crippen LogP contribution >= 0.6 is 0 Å². The molecule has 0 aromatic heterocycles. The van der Waals surface area contributed by atoms with Crippen LogP contribution in [0.3, 0.4) is 0 Å². The predicted octanol–water partition coefficient (Wildman–Crippen LogP) is -2.93. The van der Waals surface area contributed by atoms with Crippen molar-refractivity contribution < 1.29 is 25.5 Å². The molecule has 0 aliphatic carbocycles. The third-order valence-corrected chi connectivity index (χ3v) is 1.45. The van der Waals surface area contributed by atoms with Crippen LogP contribution in [0.25, 0.3) is 0 Å². The molecule has 0 aliphatic rings. The van der Waals surface area contributed by atoms with Gasteiger partial charge in [-0.2, -0.15) is 0 Å². The van der Waals surface area contributed by atoms with E-state index in [0.29, 0.717) is 6.21 Å². The maximum absolute atomic E-state index is 8.97. The maximum atomic E-state index is 8.97. The molecule has 0 rings (SSSR count). The average molecular weight is 179 g/mol. The van der Waals surface area contributed by atoms with Crippen molar-refractivity contribution >= 4 is 6.21 Å². The van der Waals surface area contributed by atoms with Gasteiger partial charge in [-0.3, -0.25) is 0 Å². The van der Waals surface area contributed by atoms with Crippen LogP contribution in [0, 0.1) is 5.41 Å². The molecule has 0 saturated heterocycles. The molecule has 12 heavy (non-hydrogen) atoms. The van der Waals surface area contributed by atoms with E-state index in [9.17, 15) is 0 Å². The summed E-state index contributed by atoms with van der Waals surface area (Å²) in [5, 5.41) is 50.4. The molecule has 4 atom stereocenters. The summed E-state index contributed by atoms with van der Waals surface area (Å²) < 4.78 is 0. The second kappa shape index (κ2) is 5.18. The monoisotopic (exact) mass is 179 g/mol. The molecule has 0 aliphatic heterocycles. The average Bonchev–Trinajstić information content (AvgIpc) is 2.12. The third kappa shape index (κ3) is 2.84. The van der Waals surface area contributed by atoms with Gasteiger partial charge in [-0.1, -0.05) is 0 Å². The van der Waals surface area contributed by atoms with Crippen molar-refractivity contribution in [3.63, 3.8) is 0 Å². The van der Waals surface area contributed by atoms with Gasteiger partial charge >= 0.3 is 0 Å². The molecule has 6 heteroatoms. The van der Waals surface area contributed by atoms with E-state index in [-0.39, 0.29) is 0 Å². The summed E-state index contributed by atoms with van der Waals surface area (Å²) in [6.45, 7) is -0.719. The molecule has 0 aromatic rings. The largest absolute Gasteiger partial charge is 0.394 e. The Hall–Kier alpha value is -0.530. The first-order valence-corrected chi connectivity index (χ1v) is 3.38. The molecule has 0 amide bonds. The molecule has 72 valence electrons. The topological polar surface area (TPSA) is 125 Å². The summed E-state index contributed by atoms with van der Waals surface area (Å²) >= 11 is 0. The molecule has 0 unspecified atom stereocenters. The van der Waals surface area contributed by atoms with E-state index < -0.39 is 31.0 Å². The minimum atomic E-state index is -1.66. The fourth-order valence-corrected chi connectivity index (χ4v) is 0.636. The van der Waals surface area contributed by atoms with E-state index >= 15 is 0 Å². The smallest absolute Gasteiger partial charge is 0.117 e. The standard InChI is InChI=1S/C6H13NO5/c7-1-3(9)5(11)6(12)4(10)2-8/h1,3-12H,2H2/t3-,4-,5-,6-/m1/s1. The number of nitrogens with one attached hydrogen (secondary N) is 1. The van der Waals surface area contributed by atoms with E-state index in [2.05, 4.69) is 0 Å². The van der Waals surface area contributed by atoms with Crippen molar-refractivity contribution in [3.05, 3.63) is 0 Å². The summed E-state index contributed by atoms with van der Waals surface area (Å²) in [5.74, 6) is 0.